The molecule has 5 saturated carbocycles. The molecule has 6 aliphatic carbocycles. The molecule has 7 heteroatoms. The highest BCUT2D eigenvalue weighted by molar-refractivity contribution is 7.73. The number of halogens is 1. The van der Waals surface area contributed by atoms with E-state index in [1.54, 1.807) is 0 Å². The Kier molecular flexibility index (Phi) is 4.64. The lowest BCUT2D eigenvalue weighted by Gasteiger charge is -2.56. The number of carbonyl (C=O) groups excluding carboxylic acids is 1. The topological polar surface area (TPSA) is 72.5 Å². The molecule has 158 valence electrons. The number of rotatable bonds is 5. The van der Waals surface area contributed by atoms with Crippen molar-refractivity contribution in [2.75, 3.05) is 13.7 Å². The second-order valence-electron chi connectivity index (χ2n) is 9.91. The highest BCUT2D eigenvalue weighted by Crippen LogP contribution is 2.60. The smallest absolute Gasteiger partial charge is 0.250 e. The third-order valence-electron chi connectivity index (χ3n) is 7.67. The molecule has 1 amide bonds. The molecule has 6 rings (SSSR count). The first-order valence-corrected chi connectivity index (χ1v) is 11.9. The number of allylic oxidation sites excluding steroid dienone is 3. The lowest BCUT2D eigenvalue weighted by atomic mass is 9.50. The fraction of sp³-hybridized carbons (Fsp3) is 0.727. The van der Waals surface area contributed by atoms with Gasteiger partial charge in [0.2, 0.25) is 16.2 Å². The number of alkyl halides is 1. The summed E-state index contributed by atoms with van der Waals surface area (Å²) < 4.78 is 45.3. The molecule has 0 spiro atoms. The summed E-state index contributed by atoms with van der Waals surface area (Å²) in [5.74, 6) is 2.03. The van der Waals surface area contributed by atoms with Gasteiger partial charge >= 0.3 is 0 Å². The van der Waals surface area contributed by atoms with E-state index >= 15 is 4.39 Å². The Morgan fingerprint density at radius 3 is 2.24 bits per heavy atom. The highest BCUT2D eigenvalue weighted by Gasteiger charge is 2.52. The van der Waals surface area contributed by atoms with Gasteiger partial charge in [0.1, 0.15) is 5.76 Å². The van der Waals surface area contributed by atoms with Crippen LogP contribution in [0.3, 0.4) is 0 Å². The number of carbonyl (C=O) groups is 1. The zero-order valence-corrected chi connectivity index (χ0v) is 17.6. The molecule has 0 aromatic carbocycles. The number of amides is 1. The van der Waals surface area contributed by atoms with Crippen LogP contribution in [0.2, 0.25) is 0 Å². The number of ether oxygens (including phenoxy) is 1. The van der Waals surface area contributed by atoms with Crippen molar-refractivity contribution in [3.63, 3.8) is 0 Å². The van der Waals surface area contributed by atoms with Crippen molar-refractivity contribution in [1.82, 2.24) is 5.32 Å². The normalized spacial score (nSPS) is 38.1. The van der Waals surface area contributed by atoms with Crippen molar-refractivity contribution in [3.8, 4) is 0 Å². The summed E-state index contributed by atoms with van der Waals surface area (Å²) >= 11 is 0. The molecule has 4 bridgehead atoms. The number of hydrogen-bond donors (Lipinski definition) is 1. The molecule has 5 nitrogen and oxygen atoms in total. The van der Waals surface area contributed by atoms with E-state index in [0.717, 1.165) is 49.9 Å². The molecule has 0 radical (unpaired) electrons. The molecule has 0 aromatic rings. The quantitative estimate of drug-likeness (QED) is 0.693. The van der Waals surface area contributed by atoms with Gasteiger partial charge in [-0.05, 0) is 86.7 Å². The summed E-state index contributed by atoms with van der Waals surface area (Å²) in [4.78, 5) is 11.7. The standard InChI is InChI=1S/C22H28FNO4S/c1-24-21(25)17-7-16(15-2-3-15)19(20(18(17)23)29(26)27)28-11-22-8-12-4-13(9-22)6-14(5-12)10-22/h7,12-15,18H,2-6,8-11H2,1H3,(H,24,25). The largest absolute Gasteiger partial charge is 0.491 e. The van der Waals surface area contributed by atoms with Gasteiger partial charge < -0.3 is 10.1 Å². The van der Waals surface area contributed by atoms with E-state index in [1.807, 2.05) is 0 Å². The van der Waals surface area contributed by atoms with E-state index in [4.69, 9.17) is 4.74 Å². The van der Waals surface area contributed by atoms with Crippen LogP contribution >= 0.6 is 0 Å². The minimum atomic E-state index is -2.79. The van der Waals surface area contributed by atoms with Crippen molar-refractivity contribution in [3.05, 3.63) is 23.0 Å². The van der Waals surface area contributed by atoms with Gasteiger partial charge in [-0.3, -0.25) is 4.79 Å². The van der Waals surface area contributed by atoms with Crippen LogP contribution < -0.4 is 5.32 Å². The minimum absolute atomic E-state index is 0.0997. The van der Waals surface area contributed by atoms with Gasteiger partial charge in [0.05, 0.1) is 12.2 Å². The maximum absolute atomic E-state index is 15.1. The molecule has 0 saturated heterocycles. The molecule has 0 aliphatic heterocycles. The summed E-state index contributed by atoms with van der Waals surface area (Å²) in [6, 6.07) is 0. The molecular formula is C22H28FNO4S. The molecule has 1 unspecified atom stereocenters. The summed E-state index contributed by atoms with van der Waals surface area (Å²) in [7, 11) is -1.37. The van der Waals surface area contributed by atoms with Crippen LogP contribution in [0.5, 0.6) is 0 Å². The molecule has 29 heavy (non-hydrogen) atoms. The van der Waals surface area contributed by atoms with Gasteiger partial charge in [0, 0.05) is 12.5 Å². The Hall–Kier alpha value is -1.63. The zero-order chi connectivity index (χ0) is 20.3. The van der Waals surface area contributed by atoms with Crippen LogP contribution in [0.25, 0.3) is 0 Å². The monoisotopic (exact) mass is 421 g/mol. The average molecular weight is 422 g/mol. The van der Waals surface area contributed by atoms with E-state index < -0.39 is 27.2 Å². The maximum Gasteiger partial charge on any atom is 0.250 e. The molecule has 0 aromatic heterocycles. The van der Waals surface area contributed by atoms with Gasteiger partial charge in [0.25, 0.3) is 0 Å². The van der Waals surface area contributed by atoms with Crippen molar-refractivity contribution >= 4 is 21.1 Å². The van der Waals surface area contributed by atoms with E-state index in [9.17, 15) is 13.2 Å². The maximum atomic E-state index is 15.1. The first kappa shape index (κ1) is 19.3. The van der Waals surface area contributed by atoms with Gasteiger partial charge in [-0.2, -0.15) is 8.42 Å². The lowest BCUT2D eigenvalue weighted by molar-refractivity contribution is -0.117. The molecule has 5 fully saturated rings. The third kappa shape index (κ3) is 3.35. The number of likely N-dealkylation sites (N-methyl/N-ethyl adjacent to an activating group) is 1. The Morgan fingerprint density at radius 2 is 1.76 bits per heavy atom. The van der Waals surface area contributed by atoms with Crippen molar-refractivity contribution in [2.24, 2.45) is 29.1 Å². The Morgan fingerprint density at radius 1 is 1.17 bits per heavy atom. The molecule has 1 N–H and O–H groups in total. The molecule has 1 atom stereocenters. The van der Waals surface area contributed by atoms with Gasteiger partial charge in [-0.1, -0.05) is 0 Å². The van der Waals surface area contributed by atoms with Crippen molar-refractivity contribution in [1.29, 1.82) is 0 Å². The second kappa shape index (κ2) is 6.96. The van der Waals surface area contributed by atoms with Crippen molar-refractivity contribution in [2.45, 2.75) is 57.5 Å². The van der Waals surface area contributed by atoms with Crippen LogP contribution in [0.1, 0.15) is 51.4 Å². The van der Waals surface area contributed by atoms with Gasteiger partial charge in [-0.25, -0.2) is 4.39 Å². The van der Waals surface area contributed by atoms with Crippen molar-refractivity contribution < 1.29 is 22.3 Å². The van der Waals surface area contributed by atoms with Crippen LogP contribution in [-0.4, -0.2) is 39.0 Å². The van der Waals surface area contributed by atoms with Gasteiger partial charge in [-0.15, -0.1) is 0 Å². The summed E-state index contributed by atoms with van der Waals surface area (Å²) in [6.07, 6.45) is 8.75. The molecule has 0 heterocycles. The van der Waals surface area contributed by atoms with Crippen LogP contribution in [0.4, 0.5) is 4.39 Å². The van der Waals surface area contributed by atoms with E-state index in [1.165, 1.54) is 32.4 Å². The Balaban J connectivity index is 1.49. The minimum Gasteiger partial charge on any atom is -0.491 e. The average Bonchev–Trinajstić information content (AvgIpc) is 3.49. The first-order chi connectivity index (χ1) is 13.9. The SMILES string of the molecule is CNC(=O)C1=CC(C2CC2)=C(OCC23CC4CC(CC(C4)C2)C3)C(=S(=O)=O)C1F. The predicted octanol–water partition coefficient (Wildman–Crippen LogP) is 2.96. The van der Waals surface area contributed by atoms with Crippen LogP contribution in [0.15, 0.2) is 23.0 Å². The van der Waals surface area contributed by atoms with E-state index in [2.05, 4.69) is 5.32 Å². The predicted molar refractivity (Wildman–Crippen MR) is 107 cm³/mol. The first-order valence-electron chi connectivity index (χ1n) is 10.8. The number of hydrogen-bond acceptors (Lipinski definition) is 4. The third-order valence-corrected chi connectivity index (χ3v) is 8.43. The second-order valence-corrected chi connectivity index (χ2v) is 10.8. The molecule has 6 aliphatic rings. The zero-order valence-electron chi connectivity index (χ0n) is 16.7. The fourth-order valence-corrected chi connectivity index (χ4v) is 7.36. The lowest BCUT2D eigenvalue weighted by Crippen LogP contribution is -2.48. The molecular weight excluding hydrogens is 393 g/mol. The summed E-state index contributed by atoms with van der Waals surface area (Å²) in [6.45, 7) is 0.457. The van der Waals surface area contributed by atoms with Crippen LogP contribution in [0, 0.1) is 29.1 Å². The fourth-order valence-electron chi connectivity index (χ4n) is 6.73. The van der Waals surface area contributed by atoms with Gasteiger partial charge in [0.15, 0.2) is 11.0 Å². The van der Waals surface area contributed by atoms with E-state index in [-0.39, 0.29) is 22.7 Å². The van der Waals surface area contributed by atoms with Crippen LogP contribution in [-0.2, 0) is 19.8 Å². The summed E-state index contributed by atoms with van der Waals surface area (Å²) in [5.41, 5.74) is 0.639. The number of nitrogens with one attached hydrogen (secondary N) is 1. The van der Waals surface area contributed by atoms with E-state index in [0.29, 0.717) is 12.2 Å². The summed E-state index contributed by atoms with van der Waals surface area (Å²) in [5, 5.41) is 2.42. The highest BCUT2D eigenvalue weighted by atomic mass is 32.2. The Bertz CT molecular complexity index is 901. The Labute approximate surface area is 172 Å².